The summed E-state index contributed by atoms with van der Waals surface area (Å²) in [6.45, 7) is 0.0802. The van der Waals surface area contributed by atoms with Crippen LogP contribution in [-0.2, 0) is 23.0 Å². The van der Waals surface area contributed by atoms with E-state index in [1.807, 2.05) is 0 Å². The predicted molar refractivity (Wildman–Crippen MR) is 107 cm³/mol. The third-order valence-electron chi connectivity index (χ3n) is 5.69. The van der Waals surface area contributed by atoms with E-state index in [1.54, 1.807) is 24.3 Å². The minimum Gasteiger partial charge on any atom is -0.405 e. The molecule has 0 unspecified atom stereocenters. The lowest BCUT2D eigenvalue weighted by atomic mass is 9.97. The maximum Gasteiger partial charge on any atom is 0.416 e. The number of anilines is 1. The number of carbonyl (C=O) groups is 1. The Hall–Kier alpha value is -3.13. The van der Waals surface area contributed by atoms with Gasteiger partial charge in [0.15, 0.2) is 0 Å². The Bertz CT molecular complexity index is 1080. The van der Waals surface area contributed by atoms with Crippen molar-refractivity contribution in [2.24, 2.45) is 5.73 Å². The molecular formula is C23H20F4N2O2. The van der Waals surface area contributed by atoms with Crippen LogP contribution in [0.2, 0.25) is 0 Å². The van der Waals surface area contributed by atoms with Crippen LogP contribution in [0.4, 0.5) is 23.2 Å². The fourth-order valence-corrected chi connectivity index (χ4v) is 3.84. The van der Waals surface area contributed by atoms with Gasteiger partial charge in [0.25, 0.3) is 5.91 Å². The van der Waals surface area contributed by atoms with E-state index in [2.05, 4.69) is 0 Å². The molecule has 8 heteroatoms. The van der Waals surface area contributed by atoms with Crippen molar-refractivity contribution in [3.8, 4) is 0 Å². The summed E-state index contributed by atoms with van der Waals surface area (Å²) in [7, 11) is 0. The Morgan fingerprint density at radius 1 is 1.13 bits per heavy atom. The van der Waals surface area contributed by atoms with E-state index in [0.29, 0.717) is 30.2 Å². The van der Waals surface area contributed by atoms with Crippen LogP contribution in [0.1, 0.15) is 29.5 Å². The zero-order valence-electron chi connectivity index (χ0n) is 16.4. The molecule has 31 heavy (non-hydrogen) atoms. The van der Waals surface area contributed by atoms with E-state index in [0.717, 1.165) is 23.9 Å². The predicted octanol–water partition coefficient (Wildman–Crippen LogP) is 4.18. The summed E-state index contributed by atoms with van der Waals surface area (Å²) in [5, 5.41) is 10.2. The first-order valence-corrected chi connectivity index (χ1v) is 9.73. The average Bonchev–Trinajstić information content (AvgIpc) is 3.40. The van der Waals surface area contributed by atoms with Crippen molar-refractivity contribution in [2.75, 3.05) is 11.4 Å². The molecule has 162 valence electrons. The van der Waals surface area contributed by atoms with Crippen LogP contribution in [0.3, 0.4) is 0 Å². The number of amides is 1. The molecule has 0 saturated heterocycles. The molecule has 3 N–H and O–H groups in total. The van der Waals surface area contributed by atoms with Crippen LogP contribution in [0.15, 0.2) is 65.9 Å². The summed E-state index contributed by atoms with van der Waals surface area (Å²) < 4.78 is 53.6. The molecule has 1 fully saturated rings. The SMILES string of the molecule is N/C=C\C1=C(Cc2ccc(F)cc2C(F)(F)F)CN(c2ccc(C3(O)CC3)cc2)C1=O. The second-order valence-corrected chi connectivity index (χ2v) is 7.82. The maximum atomic E-state index is 13.4. The molecule has 0 bridgehead atoms. The molecular weight excluding hydrogens is 412 g/mol. The van der Waals surface area contributed by atoms with E-state index >= 15 is 0 Å². The van der Waals surface area contributed by atoms with Crippen molar-refractivity contribution in [1.82, 2.24) is 0 Å². The van der Waals surface area contributed by atoms with Crippen molar-refractivity contribution in [3.63, 3.8) is 0 Å². The number of nitrogens with zero attached hydrogens (tertiary/aromatic N) is 1. The van der Waals surface area contributed by atoms with Crippen molar-refractivity contribution >= 4 is 11.6 Å². The number of benzene rings is 2. The lowest BCUT2D eigenvalue weighted by Gasteiger charge is -2.19. The average molecular weight is 432 g/mol. The zero-order chi connectivity index (χ0) is 22.4. The number of carbonyl (C=O) groups excluding carboxylic acids is 1. The zero-order valence-corrected chi connectivity index (χ0v) is 16.4. The van der Waals surface area contributed by atoms with Gasteiger partial charge in [-0.05, 0) is 72.5 Å². The number of alkyl halides is 3. The van der Waals surface area contributed by atoms with E-state index in [9.17, 15) is 27.5 Å². The summed E-state index contributed by atoms with van der Waals surface area (Å²) >= 11 is 0. The van der Waals surface area contributed by atoms with Gasteiger partial charge < -0.3 is 15.7 Å². The molecule has 0 spiro atoms. The first-order chi connectivity index (χ1) is 14.6. The summed E-state index contributed by atoms with van der Waals surface area (Å²) in [5.74, 6) is -1.36. The van der Waals surface area contributed by atoms with Crippen LogP contribution in [0, 0.1) is 5.82 Å². The standard InChI is InChI=1S/C23H20F4N2O2/c24-17-4-1-14(20(12-17)23(25,26)27)11-15-13-29(21(30)19(15)7-10-28)18-5-2-16(3-6-18)22(31)8-9-22/h1-7,10,12,31H,8-9,11,13,28H2/b10-7-. The Labute approximate surface area is 176 Å². The largest absolute Gasteiger partial charge is 0.416 e. The normalized spacial score (nSPS) is 18.4. The van der Waals surface area contributed by atoms with Gasteiger partial charge in [-0.3, -0.25) is 4.79 Å². The van der Waals surface area contributed by atoms with Crippen molar-refractivity contribution in [1.29, 1.82) is 0 Å². The highest BCUT2D eigenvalue weighted by atomic mass is 19.4. The van der Waals surface area contributed by atoms with Crippen LogP contribution in [-0.4, -0.2) is 17.6 Å². The number of aliphatic hydroxyl groups is 1. The first kappa shape index (κ1) is 21.1. The number of hydrogen-bond acceptors (Lipinski definition) is 3. The van der Waals surface area contributed by atoms with Gasteiger partial charge in [-0.1, -0.05) is 18.2 Å². The minimum atomic E-state index is -4.72. The molecule has 4 nitrogen and oxygen atoms in total. The van der Waals surface area contributed by atoms with Gasteiger partial charge in [-0.15, -0.1) is 0 Å². The van der Waals surface area contributed by atoms with E-state index in [4.69, 9.17) is 5.73 Å². The highest BCUT2D eigenvalue weighted by Gasteiger charge is 2.42. The topological polar surface area (TPSA) is 66.6 Å². The van der Waals surface area contributed by atoms with Crippen LogP contribution >= 0.6 is 0 Å². The number of hydrogen-bond donors (Lipinski definition) is 2. The van der Waals surface area contributed by atoms with Crippen molar-refractivity contribution < 1.29 is 27.5 Å². The van der Waals surface area contributed by atoms with Crippen LogP contribution < -0.4 is 10.6 Å². The summed E-state index contributed by atoms with van der Waals surface area (Å²) in [4.78, 5) is 14.4. The van der Waals surface area contributed by atoms with Gasteiger partial charge in [0, 0.05) is 17.8 Å². The summed E-state index contributed by atoms with van der Waals surface area (Å²) in [5.41, 5.74) is 5.46. The van der Waals surface area contributed by atoms with Crippen LogP contribution in [0.25, 0.3) is 0 Å². The Balaban J connectivity index is 1.64. The number of halogens is 4. The third-order valence-corrected chi connectivity index (χ3v) is 5.69. The highest BCUT2D eigenvalue weighted by Crippen LogP contribution is 2.45. The van der Waals surface area contributed by atoms with Crippen molar-refractivity contribution in [3.05, 3.63) is 88.4 Å². The van der Waals surface area contributed by atoms with Gasteiger partial charge >= 0.3 is 6.18 Å². The monoisotopic (exact) mass is 432 g/mol. The molecule has 0 aromatic heterocycles. The second-order valence-electron chi connectivity index (χ2n) is 7.82. The Kier molecular flexibility index (Phi) is 5.13. The van der Waals surface area contributed by atoms with Gasteiger partial charge in [0.05, 0.1) is 11.2 Å². The third kappa shape index (κ3) is 4.07. The fraction of sp³-hybridized carbons (Fsp3) is 0.261. The molecule has 2 aliphatic rings. The highest BCUT2D eigenvalue weighted by molar-refractivity contribution is 6.11. The summed E-state index contributed by atoms with van der Waals surface area (Å²) in [6, 6.07) is 9.42. The molecule has 1 saturated carbocycles. The number of rotatable bonds is 5. The smallest absolute Gasteiger partial charge is 0.405 e. The molecule has 1 heterocycles. The lowest BCUT2D eigenvalue weighted by Crippen LogP contribution is -2.26. The van der Waals surface area contributed by atoms with E-state index in [1.165, 1.54) is 11.0 Å². The molecule has 0 radical (unpaired) electrons. The van der Waals surface area contributed by atoms with Gasteiger partial charge in [-0.25, -0.2) is 4.39 Å². The maximum absolute atomic E-state index is 13.4. The second kappa shape index (κ2) is 7.53. The van der Waals surface area contributed by atoms with Gasteiger partial charge in [-0.2, -0.15) is 13.2 Å². The molecule has 4 rings (SSSR count). The van der Waals surface area contributed by atoms with E-state index in [-0.39, 0.29) is 30.0 Å². The Morgan fingerprint density at radius 3 is 2.39 bits per heavy atom. The van der Waals surface area contributed by atoms with Gasteiger partial charge in [0.2, 0.25) is 0 Å². The molecule has 2 aromatic carbocycles. The summed E-state index contributed by atoms with van der Waals surface area (Å²) in [6.07, 6.45) is -0.984. The Morgan fingerprint density at radius 2 is 1.81 bits per heavy atom. The van der Waals surface area contributed by atoms with Gasteiger partial charge in [0.1, 0.15) is 5.82 Å². The molecule has 1 aliphatic heterocycles. The van der Waals surface area contributed by atoms with Crippen molar-refractivity contribution in [2.45, 2.75) is 31.0 Å². The quantitative estimate of drug-likeness (QED) is 0.697. The lowest BCUT2D eigenvalue weighted by molar-refractivity contribution is -0.138. The minimum absolute atomic E-state index is 0.0802. The molecule has 1 amide bonds. The molecule has 1 aliphatic carbocycles. The number of nitrogens with two attached hydrogens (primary N) is 1. The molecule has 0 atom stereocenters. The first-order valence-electron chi connectivity index (χ1n) is 9.73. The van der Waals surface area contributed by atoms with E-state index < -0.39 is 23.2 Å². The fourth-order valence-electron chi connectivity index (χ4n) is 3.84. The van der Waals surface area contributed by atoms with Crippen LogP contribution in [0.5, 0.6) is 0 Å². The molecule has 2 aromatic rings.